The van der Waals surface area contributed by atoms with Crippen molar-refractivity contribution >= 4 is 11.6 Å². The summed E-state index contributed by atoms with van der Waals surface area (Å²) in [4.78, 5) is 12.3. The maximum absolute atomic E-state index is 12.4. The quantitative estimate of drug-likeness (QED) is 0.839. The normalized spacial score (nSPS) is 17.5. The Balaban J connectivity index is 1.71. The van der Waals surface area contributed by atoms with Gasteiger partial charge in [-0.3, -0.25) is 4.79 Å². The molecule has 6 nitrogen and oxygen atoms in total. The van der Waals surface area contributed by atoms with Crippen LogP contribution in [0.3, 0.4) is 0 Å². The third kappa shape index (κ3) is 3.84. The zero-order valence-corrected chi connectivity index (χ0v) is 15.0. The van der Waals surface area contributed by atoms with Gasteiger partial charge in [0.2, 0.25) is 0 Å². The first-order valence-corrected chi connectivity index (χ1v) is 8.87. The highest BCUT2D eigenvalue weighted by molar-refractivity contribution is 5.97. The second-order valence-electron chi connectivity index (χ2n) is 6.57. The molecular formula is C20H15F3N2O4. The van der Waals surface area contributed by atoms with Crippen LogP contribution in [0.25, 0.3) is 11.1 Å². The Kier molecular flexibility index (Phi) is 4.80. The van der Waals surface area contributed by atoms with Crippen molar-refractivity contribution in [2.45, 2.75) is 25.3 Å². The minimum Gasteiger partial charge on any atom is -0.492 e. The average molecular weight is 404 g/mol. The standard InChI is InChI=1S/C20H15F3N2O4/c21-20(22,23)29-12-3-1-11(2-4-12)14-9-16(25-19(26)17-6-8-27-17)15(10-24)13-5-7-28-18(13)14/h1-4,9,17H,5-8H2,(H,25,26)/t17-/m0/s1. The molecular weight excluding hydrogens is 389 g/mol. The summed E-state index contributed by atoms with van der Waals surface area (Å²) in [6.45, 7) is 0.883. The lowest BCUT2D eigenvalue weighted by molar-refractivity contribution is -0.274. The predicted octanol–water partition coefficient (Wildman–Crippen LogP) is 3.79. The first kappa shape index (κ1) is 19.1. The Morgan fingerprint density at radius 1 is 1.24 bits per heavy atom. The smallest absolute Gasteiger partial charge is 0.492 e. The van der Waals surface area contributed by atoms with Crippen molar-refractivity contribution in [3.63, 3.8) is 0 Å². The number of amides is 1. The molecule has 1 N–H and O–H groups in total. The summed E-state index contributed by atoms with van der Waals surface area (Å²) in [7, 11) is 0. The number of benzene rings is 2. The molecule has 1 saturated heterocycles. The van der Waals surface area contributed by atoms with Crippen LogP contribution < -0.4 is 14.8 Å². The molecule has 2 aliphatic rings. The van der Waals surface area contributed by atoms with Gasteiger partial charge in [-0.2, -0.15) is 5.26 Å². The van der Waals surface area contributed by atoms with Crippen LogP contribution in [0.1, 0.15) is 17.5 Å². The summed E-state index contributed by atoms with van der Waals surface area (Å²) in [5.74, 6) is -0.196. The number of hydrogen-bond donors (Lipinski definition) is 1. The molecule has 0 aliphatic carbocycles. The van der Waals surface area contributed by atoms with E-state index in [4.69, 9.17) is 9.47 Å². The van der Waals surface area contributed by atoms with Crippen LogP contribution in [0.5, 0.6) is 11.5 Å². The van der Waals surface area contributed by atoms with Crippen LogP contribution in [0.15, 0.2) is 30.3 Å². The van der Waals surface area contributed by atoms with Crippen LogP contribution in [0, 0.1) is 11.3 Å². The lowest BCUT2D eigenvalue weighted by atomic mass is 9.95. The number of ether oxygens (including phenoxy) is 3. The molecule has 2 aliphatic heterocycles. The van der Waals surface area contributed by atoms with E-state index in [0.29, 0.717) is 59.7 Å². The average Bonchev–Trinajstić information content (AvgIpc) is 3.08. The number of nitrogens with zero attached hydrogens (tertiary/aromatic N) is 1. The van der Waals surface area contributed by atoms with E-state index in [0.717, 1.165) is 0 Å². The van der Waals surface area contributed by atoms with Crippen molar-refractivity contribution in [2.24, 2.45) is 0 Å². The summed E-state index contributed by atoms with van der Waals surface area (Å²) in [6, 6.07) is 9.03. The highest BCUT2D eigenvalue weighted by Gasteiger charge is 2.32. The number of carbonyl (C=O) groups excluding carboxylic acids is 1. The predicted molar refractivity (Wildman–Crippen MR) is 95.5 cm³/mol. The van der Waals surface area contributed by atoms with Gasteiger partial charge < -0.3 is 19.5 Å². The van der Waals surface area contributed by atoms with Crippen LogP contribution >= 0.6 is 0 Å². The Bertz CT molecular complexity index is 993. The van der Waals surface area contributed by atoms with Crippen LogP contribution in [0.2, 0.25) is 0 Å². The third-order valence-electron chi connectivity index (χ3n) is 4.74. The van der Waals surface area contributed by atoms with Gasteiger partial charge in [-0.25, -0.2) is 0 Å². The molecule has 0 radical (unpaired) electrons. The Labute approximate surface area is 163 Å². The van der Waals surface area contributed by atoms with Gasteiger partial charge in [0.25, 0.3) is 5.91 Å². The molecule has 9 heteroatoms. The number of fused-ring (bicyclic) bond motifs is 1. The number of alkyl halides is 3. The number of rotatable bonds is 4. The van der Waals surface area contributed by atoms with Gasteiger partial charge in [-0.15, -0.1) is 13.2 Å². The van der Waals surface area contributed by atoms with Crippen molar-refractivity contribution < 1.29 is 32.2 Å². The number of anilines is 1. The Hall–Kier alpha value is -3.25. The fourth-order valence-electron chi connectivity index (χ4n) is 3.31. The van der Waals surface area contributed by atoms with E-state index in [1.807, 2.05) is 0 Å². The molecule has 1 amide bonds. The largest absolute Gasteiger partial charge is 0.573 e. The van der Waals surface area contributed by atoms with Gasteiger partial charge in [-0.1, -0.05) is 12.1 Å². The van der Waals surface area contributed by atoms with E-state index in [-0.39, 0.29) is 11.7 Å². The highest BCUT2D eigenvalue weighted by atomic mass is 19.4. The van der Waals surface area contributed by atoms with Crippen LogP contribution in [-0.2, 0) is 16.0 Å². The number of nitrogens with one attached hydrogen (secondary N) is 1. The van der Waals surface area contributed by atoms with Gasteiger partial charge >= 0.3 is 6.36 Å². The number of halogens is 3. The highest BCUT2D eigenvalue weighted by Crippen LogP contribution is 2.43. The summed E-state index contributed by atoms with van der Waals surface area (Å²) >= 11 is 0. The van der Waals surface area contributed by atoms with Crippen molar-refractivity contribution in [3.05, 3.63) is 41.5 Å². The molecule has 150 valence electrons. The van der Waals surface area contributed by atoms with E-state index in [2.05, 4.69) is 16.1 Å². The van der Waals surface area contributed by atoms with Gasteiger partial charge in [0.05, 0.1) is 24.5 Å². The van der Waals surface area contributed by atoms with Crippen LogP contribution in [0.4, 0.5) is 18.9 Å². The van der Waals surface area contributed by atoms with Crippen LogP contribution in [-0.4, -0.2) is 31.6 Å². The summed E-state index contributed by atoms with van der Waals surface area (Å²) in [5, 5.41) is 12.3. The van der Waals surface area contributed by atoms with Crippen molar-refractivity contribution in [1.29, 1.82) is 5.26 Å². The van der Waals surface area contributed by atoms with Gasteiger partial charge in [-0.05, 0) is 23.8 Å². The van der Waals surface area contributed by atoms with Gasteiger partial charge in [0, 0.05) is 24.0 Å². The fourth-order valence-corrected chi connectivity index (χ4v) is 3.31. The molecule has 0 aromatic heterocycles. The molecule has 2 aromatic rings. The second kappa shape index (κ2) is 7.29. The van der Waals surface area contributed by atoms with E-state index in [1.54, 1.807) is 6.07 Å². The molecule has 0 bridgehead atoms. The van der Waals surface area contributed by atoms with Gasteiger partial charge in [0.15, 0.2) is 0 Å². The molecule has 29 heavy (non-hydrogen) atoms. The first-order valence-electron chi connectivity index (χ1n) is 8.87. The van der Waals surface area contributed by atoms with E-state index in [1.165, 1.54) is 24.3 Å². The lowest BCUT2D eigenvalue weighted by Gasteiger charge is -2.25. The first-order chi connectivity index (χ1) is 13.9. The maximum atomic E-state index is 12.4. The van der Waals surface area contributed by atoms with E-state index in [9.17, 15) is 23.2 Å². The minimum absolute atomic E-state index is 0.311. The van der Waals surface area contributed by atoms with Crippen molar-refractivity contribution in [1.82, 2.24) is 0 Å². The Morgan fingerprint density at radius 3 is 2.55 bits per heavy atom. The zero-order valence-electron chi connectivity index (χ0n) is 15.0. The van der Waals surface area contributed by atoms with Crippen molar-refractivity contribution in [3.8, 4) is 28.7 Å². The third-order valence-corrected chi connectivity index (χ3v) is 4.74. The van der Waals surface area contributed by atoms with Crippen molar-refractivity contribution in [2.75, 3.05) is 18.5 Å². The molecule has 1 atom stereocenters. The summed E-state index contributed by atoms with van der Waals surface area (Å²) < 4.78 is 51.9. The maximum Gasteiger partial charge on any atom is 0.573 e. The second-order valence-corrected chi connectivity index (χ2v) is 6.57. The number of hydrogen-bond acceptors (Lipinski definition) is 5. The molecule has 0 unspecified atom stereocenters. The van der Waals surface area contributed by atoms with E-state index < -0.39 is 12.5 Å². The summed E-state index contributed by atoms with van der Waals surface area (Å²) in [5.41, 5.74) is 2.43. The topological polar surface area (TPSA) is 80.6 Å². The monoisotopic (exact) mass is 404 g/mol. The van der Waals surface area contributed by atoms with E-state index >= 15 is 0 Å². The number of nitriles is 1. The molecule has 0 saturated carbocycles. The summed E-state index contributed by atoms with van der Waals surface area (Å²) in [6.07, 6.45) is -4.23. The number of carbonyl (C=O) groups is 1. The molecule has 4 rings (SSSR count). The van der Waals surface area contributed by atoms with Gasteiger partial charge in [0.1, 0.15) is 23.7 Å². The minimum atomic E-state index is -4.78. The molecule has 2 aromatic carbocycles. The molecule has 0 spiro atoms. The molecule has 1 fully saturated rings. The molecule has 2 heterocycles. The zero-order chi connectivity index (χ0) is 20.6. The fraction of sp³-hybridized carbons (Fsp3) is 0.300. The Morgan fingerprint density at radius 2 is 1.97 bits per heavy atom. The SMILES string of the molecule is N#Cc1c(NC(=O)[C@@H]2CCO2)cc(-c2ccc(OC(F)(F)F)cc2)c2c1CCO2. The lowest BCUT2D eigenvalue weighted by Crippen LogP contribution is -2.39.